The van der Waals surface area contributed by atoms with E-state index in [-0.39, 0.29) is 17.9 Å². The van der Waals surface area contributed by atoms with Crippen LogP contribution >= 0.6 is 0 Å². The van der Waals surface area contributed by atoms with Gasteiger partial charge in [-0.25, -0.2) is 0 Å². The number of rotatable bonds is 4. The van der Waals surface area contributed by atoms with Gasteiger partial charge in [-0.15, -0.1) is 0 Å². The molecule has 4 heteroatoms. The molecule has 98 valence electrons. The molecule has 1 aliphatic carbocycles. The number of amides is 2. The van der Waals surface area contributed by atoms with Gasteiger partial charge in [0, 0.05) is 25.1 Å². The van der Waals surface area contributed by atoms with Gasteiger partial charge in [-0.3, -0.25) is 9.59 Å². The average Bonchev–Trinajstić information content (AvgIpc) is 2.91. The highest BCUT2D eigenvalue weighted by atomic mass is 16.2. The first-order valence-corrected chi connectivity index (χ1v) is 6.51. The molecule has 2 fully saturated rings. The van der Waals surface area contributed by atoms with E-state index in [0.717, 1.165) is 6.42 Å². The van der Waals surface area contributed by atoms with Crippen LogP contribution in [0.2, 0.25) is 0 Å². The Morgan fingerprint density at radius 3 is 2.78 bits per heavy atom. The van der Waals surface area contributed by atoms with Gasteiger partial charge in [0.25, 0.3) is 0 Å². The van der Waals surface area contributed by atoms with Crippen LogP contribution in [0.15, 0.2) is 24.3 Å². The third-order valence-corrected chi connectivity index (χ3v) is 3.52. The number of hydrogen-bond donors (Lipinski definition) is 1. The maximum atomic E-state index is 11.8. The van der Waals surface area contributed by atoms with Crippen molar-refractivity contribution in [3.63, 3.8) is 0 Å². The monoisotopic (exact) mass is 248 g/mol. The van der Waals surface area contributed by atoms with E-state index in [1.165, 1.54) is 6.08 Å². The zero-order chi connectivity index (χ0) is 13.1. The highest BCUT2D eigenvalue weighted by molar-refractivity contribution is 5.89. The van der Waals surface area contributed by atoms with Gasteiger partial charge in [0.1, 0.15) is 0 Å². The number of carbonyl (C=O) groups is 2. The quantitative estimate of drug-likeness (QED) is 0.601. The fourth-order valence-corrected chi connectivity index (χ4v) is 2.39. The second-order valence-corrected chi connectivity index (χ2v) is 5.12. The van der Waals surface area contributed by atoms with Crippen molar-refractivity contribution in [1.29, 1.82) is 0 Å². The van der Waals surface area contributed by atoms with Gasteiger partial charge in [-0.1, -0.05) is 25.2 Å². The Morgan fingerprint density at radius 1 is 1.44 bits per heavy atom. The minimum Gasteiger partial charge on any atom is -0.348 e. The van der Waals surface area contributed by atoms with E-state index in [1.807, 2.05) is 17.9 Å². The molecule has 4 nitrogen and oxygen atoms in total. The van der Waals surface area contributed by atoms with E-state index in [9.17, 15) is 9.59 Å². The number of carbonyl (C=O) groups excluding carboxylic acids is 2. The summed E-state index contributed by atoms with van der Waals surface area (Å²) < 4.78 is 0. The maximum Gasteiger partial charge on any atom is 0.244 e. The molecule has 18 heavy (non-hydrogen) atoms. The van der Waals surface area contributed by atoms with Crippen molar-refractivity contribution in [2.75, 3.05) is 6.54 Å². The van der Waals surface area contributed by atoms with Crippen LogP contribution in [0.3, 0.4) is 0 Å². The van der Waals surface area contributed by atoms with Crippen LogP contribution in [0.1, 0.15) is 26.7 Å². The van der Waals surface area contributed by atoms with Crippen LogP contribution in [-0.2, 0) is 9.59 Å². The normalized spacial score (nSPS) is 31.6. The molecule has 1 N–H and O–H groups in total. The molecule has 0 bridgehead atoms. The van der Waals surface area contributed by atoms with Crippen molar-refractivity contribution in [2.24, 2.45) is 5.92 Å². The molecule has 0 unspecified atom stereocenters. The summed E-state index contributed by atoms with van der Waals surface area (Å²) in [7, 11) is 0. The summed E-state index contributed by atoms with van der Waals surface area (Å²) in [5.74, 6) is 0.668. The number of likely N-dealkylation sites (tertiary alicyclic amines) is 1. The molecular weight excluding hydrogens is 228 g/mol. The fourth-order valence-electron chi connectivity index (χ4n) is 2.39. The Morgan fingerprint density at radius 2 is 2.17 bits per heavy atom. The van der Waals surface area contributed by atoms with Crippen molar-refractivity contribution >= 4 is 11.8 Å². The summed E-state index contributed by atoms with van der Waals surface area (Å²) in [5, 5.41) is 2.87. The second kappa shape index (κ2) is 5.38. The van der Waals surface area contributed by atoms with Crippen LogP contribution in [0.4, 0.5) is 0 Å². The Bertz CT molecular complexity index is 401. The molecule has 0 spiro atoms. The topological polar surface area (TPSA) is 49.4 Å². The van der Waals surface area contributed by atoms with E-state index in [1.54, 1.807) is 12.2 Å². The van der Waals surface area contributed by atoms with Crippen LogP contribution in [0, 0.1) is 5.92 Å². The van der Waals surface area contributed by atoms with Crippen LogP contribution in [0.5, 0.6) is 0 Å². The number of nitrogens with one attached hydrogen (secondary N) is 1. The van der Waals surface area contributed by atoms with E-state index < -0.39 is 0 Å². The zero-order valence-electron chi connectivity index (χ0n) is 10.9. The summed E-state index contributed by atoms with van der Waals surface area (Å²) in [5.41, 5.74) is 0. The average molecular weight is 248 g/mol. The minimum atomic E-state index is -0.128. The van der Waals surface area contributed by atoms with Crippen molar-refractivity contribution < 1.29 is 9.59 Å². The number of nitrogens with zero attached hydrogens (tertiary/aromatic N) is 1. The highest BCUT2D eigenvalue weighted by Crippen LogP contribution is 2.37. The lowest BCUT2D eigenvalue weighted by Crippen LogP contribution is -2.37. The smallest absolute Gasteiger partial charge is 0.244 e. The summed E-state index contributed by atoms with van der Waals surface area (Å²) in [4.78, 5) is 25.3. The van der Waals surface area contributed by atoms with Gasteiger partial charge < -0.3 is 10.2 Å². The lowest BCUT2D eigenvalue weighted by atomic mass is 10.2. The van der Waals surface area contributed by atoms with Gasteiger partial charge in [-0.05, 0) is 19.3 Å². The van der Waals surface area contributed by atoms with Crippen molar-refractivity contribution in [3.8, 4) is 0 Å². The van der Waals surface area contributed by atoms with Gasteiger partial charge >= 0.3 is 0 Å². The second-order valence-electron chi connectivity index (χ2n) is 5.12. The molecule has 0 aromatic rings. The summed E-state index contributed by atoms with van der Waals surface area (Å²) in [6.45, 7) is 4.72. The molecule has 1 saturated carbocycles. The van der Waals surface area contributed by atoms with E-state index >= 15 is 0 Å². The third kappa shape index (κ3) is 3.00. The van der Waals surface area contributed by atoms with Gasteiger partial charge in [0.15, 0.2) is 0 Å². The molecular formula is C14H20N2O2. The molecule has 2 rings (SSSR count). The van der Waals surface area contributed by atoms with Gasteiger partial charge in [-0.2, -0.15) is 0 Å². The molecule has 0 aromatic carbocycles. The first kappa shape index (κ1) is 12.9. The predicted molar refractivity (Wildman–Crippen MR) is 69.8 cm³/mol. The minimum absolute atomic E-state index is 0.0342. The summed E-state index contributed by atoms with van der Waals surface area (Å²) in [6, 6.07) is 0.381. The molecule has 2 amide bonds. The molecule has 2 aliphatic rings. The Kier molecular flexibility index (Phi) is 3.84. The molecule has 1 heterocycles. The highest BCUT2D eigenvalue weighted by Gasteiger charge is 2.44. The molecule has 1 saturated heterocycles. The summed E-state index contributed by atoms with van der Waals surface area (Å²) >= 11 is 0. The lowest BCUT2D eigenvalue weighted by molar-refractivity contribution is -0.128. The first-order chi connectivity index (χ1) is 8.61. The number of hydrogen-bond acceptors (Lipinski definition) is 2. The third-order valence-electron chi connectivity index (χ3n) is 3.52. The van der Waals surface area contributed by atoms with Crippen molar-refractivity contribution in [1.82, 2.24) is 10.2 Å². The Labute approximate surface area is 108 Å². The number of allylic oxidation sites excluding steroid dienone is 3. The van der Waals surface area contributed by atoms with E-state index in [2.05, 4.69) is 12.2 Å². The van der Waals surface area contributed by atoms with Gasteiger partial charge in [0.05, 0.1) is 6.04 Å². The van der Waals surface area contributed by atoms with Crippen LogP contribution in [0.25, 0.3) is 0 Å². The predicted octanol–water partition coefficient (Wildman–Crippen LogP) is 1.24. The standard InChI is InChI=1S/C14H20N2O2/c1-3-4-5-6-13(17)15-11-8-14(18)16(9-11)12-7-10(12)2/h3-6,10-12H,7-9H2,1-2H3,(H,15,17)/b4-3+,6-5-/t10-,11+,12+/m0/s1. The van der Waals surface area contributed by atoms with E-state index in [4.69, 9.17) is 0 Å². The maximum absolute atomic E-state index is 11.8. The molecule has 0 radical (unpaired) electrons. The first-order valence-electron chi connectivity index (χ1n) is 6.51. The molecule has 3 atom stereocenters. The Hall–Kier alpha value is -1.58. The van der Waals surface area contributed by atoms with Gasteiger partial charge in [0.2, 0.25) is 11.8 Å². The van der Waals surface area contributed by atoms with Crippen LogP contribution < -0.4 is 5.32 Å². The Balaban J connectivity index is 1.81. The molecule has 1 aliphatic heterocycles. The molecule has 0 aromatic heterocycles. The zero-order valence-corrected chi connectivity index (χ0v) is 10.9. The van der Waals surface area contributed by atoms with Crippen molar-refractivity contribution in [2.45, 2.75) is 38.8 Å². The van der Waals surface area contributed by atoms with E-state index in [0.29, 0.717) is 24.9 Å². The lowest BCUT2D eigenvalue weighted by Gasteiger charge is -2.16. The fraction of sp³-hybridized carbons (Fsp3) is 0.571. The SMILES string of the molecule is C/C=C/C=C\C(=O)N[C@@H]1CC(=O)N([C@@H]2C[C@@H]2C)C1. The summed E-state index contributed by atoms with van der Waals surface area (Å²) in [6.07, 6.45) is 8.40. The van der Waals surface area contributed by atoms with Crippen LogP contribution in [-0.4, -0.2) is 35.3 Å². The largest absolute Gasteiger partial charge is 0.348 e. The van der Waals surface area contributed by atoms with Crippen molar-refractivity contribution in [3.05, 3.63) is 24.3 Å².